The highest BCUT2D eigenvalue weighted by Crippen LogP contribution is 2.15. The zero-order valence-corrected chi connectivity index (χ0v) is 17.6. The predicted octanol–water partition coefficient (Wildman–Crippen LogP) is 2.92. The van der Waals surface area contributed by atoms with Gasteiger partial charge in [-0.05, 0) is 29.8 Å². The van der Waals surface area contributed by atoms with Gasteiger partial charge in [-0.25, -0.2) is 13.1 Å². The van der Waals surface area contributed by atoms with Crippen molar-refractivity contribution in [3.05, 3.63) is 96.1 Å². The fourth-order valence-corrected chi connectivity index (χ4v) is 3.91. The average molecular weight is 438 g/mol. The molecule has 160 valence electrons. The molecule has 31 heavy (non-hydrogen) atoms. The van der Waals surface area contributed by atoms with Crippen molar-refractivity contribution in [1.29, 1.82) is 0 Å². The molecule has 0 unspecified atom stereocenters. The minimum absolute atomic E-state index is 0.0641. The maximum atomic E-state index is 12.6. The fraction of sp³-hybridized carbons (Fsp3) is 0.130. The molecule has 0 spiro atoms. The van der Waals surface area contributed by atoms with Crippen LogP contribution in [0.15, 0.2) is 89.8 Å². The van der Waals surface area contributed by atoms with Gasteiger partial charge in [-0.15, -0.1) is 0 Å². The predicted molar refractivity (Wildman–Crippen MR) is 119 cm³/mol. The molecule has 0 aliphatic heterocycles. The minimum Gasteiger partial charge on any atom is -0.348 e. The van der Waals surface area contributed by atoms with Gasteiger partial charge in [0.2, 0.25) is 15.9 Å². The van der Waals surface area contributed by atoms with Gasteiger partial charge in [0.05, 0.1) is 16.1 Å². The van der Waals surface area contributed by atoms with Gasteiger partial charge in [-0.1, -0.05) is 60.7 Å². The zero-order chi connectivity index (χ0) is 22.1. The molecule has 0 bridgehead atoms. The molecule has 8 heteroatoms. The van der Waals surface area contributed by atoms with Gasteiger partial charge >= 0.3 is 0 Å². The lowest BCUT2D eigenvalue weighted by molar-refractivity contribution is -0.116. The van der Waals surface area contributed by atoms with Crippen molar-refractivity contribution in [2.24, 2.45) is 0 Å². The van der Waals surface area contributed by atoms with Crippen molar-refractivity contribution in [3.8, 4) is 0 Å². The van der Waals surface area contributed by atoms with Gasteiger partial charge in [0.25, 0.3) is 5.91 Å². The molecular weight excluding hydrogens is 414 g/mol. The first-order valence-corrected chi connectivity index (χ1v) is 11.2. The minimum atomic E-state index is -3.68. The molecule has 0 aliphatic rings. The number of nitrogens with one attached hydrogen (secondary N) is 3. The second-order valence-electron chi connectivity index (χ2n) is 6.72. The number of hydrogen-bond donors (Lipinski definition) is 3. The summed E-state index contributed by atoms with van der Waals surface area (Å²) in [5.74, 6) is -0.719. The molecular formula is C23H23N3O4S. The van der Waals surface area contributed by atoms with E-state index in [1.54, 1.807) is 42.5 Å². The molecule has 0 atom stereocenters. The highest BCUT2D eigenvalue weighted by atomic mass is 32.2. The Labute approximate surface area is 181 Å². The van der Waals surface area contributed by atoms with Crippen LogP contribution in [0.2, 0.25) is 0 Å². The Bertz CT molecular complexity index is 1130. The van der Waals surface area contributed by atoms with E-state index in [0.717, 1.165) is 5.56 Å². The van der Waals surface area contributed by atoms with Gasteiger partial charge in [0, 0.05) is 19.5 Å². The van der Waals surface area contributed by atoms with Gasteiger partial charge in [0.1, 0.15) is 0 Å². The summed E-state index contributed by atoms with van der Waals surface area (Å²) in [6.07, 6.45) is -0.0773. The second kappa shape index (κ2) is 10.5. The van der Waals surface area contributed by atoms with Gasteiger partial charge < -0.3 is 10.6 Å². The Kier molecular flexibility index (Phi) is 7.53. The lowest BCUT2D eigenvalue weighted by atomic mass is 10.1. The first-order chi connectivity index (χ1) is 15.0. The van der Waals surface area contributed by atoms with Crippen molar-refractivity contribution in [2.75, 3.05) is 11.9 Å². The third-order valence-electron chi connectivity index (χ3n) is 4.44. The topological polar surface area (TPSA) is 104 Å². The molecule has 3 aromatic carbocycles. The van der Waals surface area contributed by atoms with Crippen LogP contribution in [0, 0.1) is 0 Å². The van der Waals surface area contributed by atoms with Crippen LogP contribution in [0.5, 0.6) is 0 Å². The van der Waals surface area contributed by atoms with E-state index >= 15 is 0 Å². The van der Waals surface area contributed by atoms with E-state index < -0.39 is 15.9 Å². The Balaban J connectivity index is 1.55. The van der Waals surface area contributed by atoms with Crippen LogP contribution in [0.4, 0.5) is 5.69 Å². The molecule has 7 nitrogen and oxygen atoms in total. The zero-order valence-electron chi connectivity index (χ0n) is 16.7. The Morgan fingerprint density at radius 1 is 0.774 bits per heavy atom. The molecule has 2 amide bonds. The fourth-order valence-electron chi connectivity index (χ4n) is 2.86. The normalized spacial score (nSPS) is 11.0. The van der Waals surface area contributed by atoms with Crippen molar-refractivity contribution in [3.63, 3.8) is 0 Å². The number of benzene rings is 3. The van der Waals surface area contributed by atoms with Crippen LogP contribution in [0.1, 0.15) is 22.3 Å². The monoisotopic (exact) mass is 437 g/mol. The maximum absolute atomic E-state index is 12.6. The summed E-state index contributed by atoms with van der Waals surface area (Å²) in [6, 6.07) is 24.1. The van der Waals surface area contributed by atoms with Gasteiger partial charge in [0.15, 0.2) is 0 Å². The van der Waals surface area contributed by atoms with Gasteiger partial charge in [-0.3, -0.25) is 9.59 Å². The molecule has 0 radical (unpaired) electrons. The van der Waals surface area contributed by atoms with Crippen LogP contribution < -0.4 is 15.4 Å². The molecule has 3 rings (SSSR count). The smallest absolute Gasteiger partial charge is 0.253 e. The first kappa shape index (κ1) is 22.2. The third kappa shape index (κ3) is 6.50. The summed E-state index contributed by atoms with van der Waals surface area (Å²) >= 11 is 0. The highest BCUT2D eigenvalue weighted by Gasteiger charge is 2.15. The largest absolute Gasteiger partial charge is 0.348 e. The van der Waals surface area contributed by atoms with E-state index in [1.165, 1.54) is 12.1 Å². The van der Waals surface area contributed by atoms with Crippen LogP contribution >= 0.6 is 0 Å². The first-order valence-electron chi connectivity index (χ1n) is 9.71. The van der Waals surface area contributed by atoms with Crippen molar-refractivity contribution >= 4 is 27.5 Å². The lowest BCUT2D eigenvalue weighted by Crippen LogP contribution is -2.28. The van der Waals surface area contributed by atoms with E-state index in [-0.39, 0.29) is 23.8 Å². The molecule has 0 aromatic heterocycles. The molecule has 3 aromatic rings. The van der Waals surface area contributed by atoms with E-state index in [9.17, 15) is 18.0 Å². The molecule has 0 saturated carbocycles. The van der Waals surface area contributed by atoms with E-state index in [0.29, 0.717) is 17.8 Å². The number of carbonyl (C=O) groups is 2. The Hall–Kier alpha value is -3.49. The lowest BCUT2D eigenvalue weighted by Gasteiger charge is -2.12. The number of para-hydroxylation sites is 1. The Morgan fingerprint density at radius 3 is 2.10 bits per heavy atom. The number of hydrogen-bond acceptors (Lipinski definition) is 4. The molecule has 0 heterocycles. The summed E-state index contributed by atoms with van der Waals surface area (Å²) in [7, 11) is -3.68. The second-order valence-corrected chi connectivity index (χ2v) is 8.49. The van der Waals surface area contributed by atoms with Crippen LogP contribution in [0.25, 0.3) is 0 Å². The molecule has 0 fully saturated rings. The quantitative estimate of drug-likeness (QED) is 0.479. The van der Waals surface area contributed by atoms with Crippen LogP contribution in [-0.2, 0) is 21.4 Å². The third-order valence-corrected chi connectivity index (χ3v) is 5.92. The summed E-state index contributed by atoms with van der Waals surface area (Å²) in [5, 5.41) is 5.51. The van der Waals surface area contributed by atoms with Crippen LogP contribution in [-0.4, -0.2) is 26.8 Å². The van der Waals surface area contributed by atoms with Crippen molar-refractivity contribution in [2.45, 2.75) is 17.9 Å². The molecule has 3 N–H and O–H groups in total. The Morgan fingerprint density at radius 2 is 1.39 bits per heavy atom. The number of anilines is 1. The number of carbonyl (C=O) groups excluding carboxylic acids is 2. The van der Waals surface area contributed by atoms with E-state index in [2.05, 4.69) is 15.4 Å². The SMILES string of the molecule is O=C(CCNS(=O)(=O)c1ccccc1)Nc1ccccc1C(=O)NCc1ccccc1. The highest BCUT2D eigenvalue weighted by molar-refractivity contribution is 7.89. The van der Waals surface area contributed by atoms with Gasteiger partial charge in [-0.2, -0.15) is 0 Å². The summed E-state index contributed by atoms with van der Waals surface area (Å²) < 4.78 is 26.8. The average Bonchev–Trinajstić information content (AvgIpc) is 2.79. The summed E-state index contributed by atoms with van der Waals surface area (Å²) in [5.41, 5.74) is 1.66. The van der Waals surface area contributed by atoms with Crippen molar-refractivity contribution in [1.82, 2.24) is 10.0 Å². The molecule has 0 aliphatic carbocycles. The number of sulfonamides is 1. The standard InChI is InChI=1S/C23H23N3O4S/c27-22(15-16-25-31(29,30)19-11-5-2-6-12-19)26-21-14-8-7-13-20(21)23(28)24-17-18-9-3-1-4-10-18/h1-14,25H,15-17H2,(H,24,28)(H,26,27). The number of amides is 2. The maximum Gasteiger partial charge on any atom is 0.253 e. The summed E-state index contributed by atoms with van der Waals surface area (Å²) in [6.45, 7) is 0.300. The van der Waals surface area contributed by atoms with Crippen LogP contribution in [0.3, 0.4) is 0 Å². The van der Waals surface area contributed by atoms with Crippen molar-refractivity contribution < 1.29 is 18.0 Å². The molecule has 0 saturated heterocycles. The number of rotatable bonds is 9. The van der Waals surface area contributed by atoms with E-state index in [4.69, 9.17) is 0 Å². The van der Waals surface area contributed by atoms with E-state index in [1.807, 2.05) is 30.3 Å². The summed E-state index contributed by atoms with van der Waals surface area (Å²) in [4.78, 5) is 25.0.